The summed E-state index contributed by atoms with van der Waals surface area (Å²) < 4.78 is 70.5. The largest absolute Gasteiger partial charge is 0.466 e. The zero-order valence-corrected chi connectivity index (χ0v) is 18.4. The minimum atomic E-state index is -4.62. The quantitative estimate of drug-likeness (QED) is 0.422. The second-order valence-corrected chi connectivity index (χ2v) is 9.29. The number of halogens is 4. The molecule has 0 aliphatic carbocycles. The first-order chi connectivity index (χ1) is 15.0. The average molecular weight is 490 g/mol. The Kier molecular flexibility index (Phi) is 6.85. The van der Waals surface area contributed by atoms with Gasteiger partial charge in [-0.1, -0.05) is 37.1 Å². The molecule has 172 valence electrons. The van der Waals surface area contributed by atoms with E-state index in [1.165, 1.54) is 18.2 Å². The summed E-state index contributed by atoms with van der Waals surface area (Å²) in [7, 11) is -4.46. The topological polar surface area (TPSA) is 80.8 Å². The van der Waals surface area contributed by atoms with E-state index in [4.69, 9.17) is 16.3 Å². The Morgan fingerprint density at radius 1 is 1.12 bits per heavy atom. The molecule has 0 radical (unpaired) electrons. The van der Waals surface area contributed by atoms with Crippen LogP contribution in [0.3, 0.4) is 0 Å². The van der Waals surface area contributed by atoms with E-state index < -0.39 is 46.1 Å². The number of esters is 1. The standard InChI is InChI=1S/C21H19ClF3NO5S/c1-2-3-11-31-18(27)12-17-15-5-4-6-16(22)19(15)32(29,30)26(17)20(28)13-7-9-14(10-8-13)21(23,24)25/h4-10,17H,2-3,11-12H2,1H3. The van der Waals surface area contributed by atoms with Gasteiger partial charge in [-0.05, 0) is 42.3 Å². The number of carbonyl (C=O) groups is 2. The van der Waals surface area contributed by atoms with Crippen molar-refractivity contribution in [1.82, 2.24) is 4.31 Å². The molecule has 0 fully saturated rings. The number of nitrogens with zero attached hydrogens (tertiary/aromatic N) is 1. The fourth-order valence-electron chi connectivity index (χ4n) is 3.37. The van der Waals surface area contributed by atoms with E-state index in [0.717, 1.165) is 18.6 Å². The van der Waals surface area contributed by atoms with Crippen LogP contribution >= 0.6 is 11.6 Å². The summed E-state index contributed by atoms with van der Waals surface area (Å²) >= 11 is 6.09. The van der Waals surface area contributed by atoms with Crippen molar-refractivity contribution >= 4 is 33.5 Å². The number of sulfonamides is 1. The molecule has 2 aromatic carbocycles. The third kappa shape index (κ3) is 4.61. The summed E-state index contributed by atoms with van der Waals surface area (Å²) in [6.45, 7) is 2.05. The highest BCUT2D eigenvalue weighted by Gasteiger charge is 2.48. The van der Waals surface area contributed by atoms with Crippen LogP contribution in [0, 0.1) is 0 Å². The number of amides is 1. The van der Waals surface area contributed by atoms with Crippen molar-refractivity contribution in [2.45, 2.75) is 43.3 Å². The summed E-state index contributed by atoms with van der Waals surface area (Å²) in [6, 6.07) is 6.16. The molecule has 0 spiro atoms. The number of fused-ring (bicyclic) bond motifs is 1. The van der Waals surface area contributed by atoms with Gasteiger partial charge in [-0.25, -0.2) is 12.7 Å². The van der Waals surface area contributed by atoms with E-state index in [1.54, 1.807) is 0 Å². The fourth-order valence-corrected chi connectivity index (χ4v) is 5.71. The summed E-state index contributed by atoms with van der Waals surface area (Å²) in [4.78, 5) is 25.1. The Balaban J connectivity index is 2.00. The van der Waals surface area contributed by atoms with E-state index in [9.17, 15) is 31.2 Å². The van der Waals surface area contributed by atoms with Crippen molar-refractivity contribution in [1.29, 1.82) is 0 Å². The zero-order chi connectivity index (χ0) is 23.7. The van der Waals surface area contributed by atoms with Crippen molar-refractivity contribution in [3.63, 3.8) is 0 Å². The maximum absolute atomic E-state index is 13.2. The molecule has 0 saturated carbocycles. The van der Waals surface area contributed by atoms with Crippen LogP contribution in [-0.4, -0.2) is 31.2 Å². The molecule has 32 heavy (non-hydrogen) atoms. The van der Waals surface area contributed by atoms with Gasteiger partial charge in [0.15, 0.2) is 0 Å². The van der Waals surface area contributed by atoms with Crippen LogP contribution in [0.15, 0.2) is 47.4 Å². The van der Waals surface area contributed by atoms with Crippen LogP contribution in [-0.2, 0) is 25.7 Å². The van der Waals surface area contributed by atoms with Gasteiger partial charge in [0.05, 0.1) is 29.7 Å². The van der Waals surface area contributed by atoms with Crippen molar-refractivity contribution in [2.75, 3.05) is 6.61 Å². The third-order valence-electron chi connectivity index (χ3n) is 4.94. The lowest BCUT2D eigenvalue weighted by atomic mass is 10.0. The number of hydrogen-bond donors (Lipinski definition) is 0. The second kappa shape index (κ2) is 9.11. The van der Waals surface area contributed by atoms with Gasteiger partial charge in [0.25, 0.3) is 15.9 Å². The first-order valence-corrected chi connectivity index (χ1v) is 11.5. The lowest BCUT2D eigenvalue weighted by Gasteiger charge is -2.23. The Hall–Kier alpha value is -2.59. The van der Waals surface area contributed by atoms with Crippen molar-refractivity contribution in [3.8, 4) is 0 Å². The predicted octanol–water partition coefficient (Wildman–Crippen LogP) is 4.98. The molecule has 0 N–H and O–H groups in total. The SMILES string of the molecule is CCCCOC(=O)CC1c2cccc(Cl)c2S(=O)(=O)N1C(=O)c1ccc(C(F)(F)F)cc1. The molecule has 1 unspecified atom stereocenters. The van der Waals surface area contributed by atoms with Crippen LogP contribution in [0.2, 0.25) is 5.02 Å². The molecule has 1 aliphatic rings. The Labute approximate surface area is 188 Å². The number of unbranched alkanes of at least 4 members (excludes halogenated alkanes) is 1. The molecule has 0 saturated heterocycles. The molecular weight excluding hydrogens is 471 g/mol. The molecule has 2 aromatic rings. The van der Waals surface area contributed by atoms with Crippen molar-refractivity contribution in [2.24, 2.45) is 0 Å². The molecular formula is C21H19ClF3NO5S. The van der Waals surface area contributed by atoms with E-state index >= 15 is 0 Å². The molecule has 3 rings (SSSR count). The third-order valence-corrected chi connectivity index (χ3v) is 7.27. The summed E-state index contributed by atoms with van der Waals surface area (Å²) in [5.74, 6) is -1.78. The molecule has 1 aliphatic heterocycles. The molecule has 1 amide bonds. The Bertz CT molecular complexity index is 1130. The van der Waals surface area contributed by atoms with Gasteiger partial charge in [0.2, 0.25) is 0 Å². The van der Waals surface area contributed by atoms with Gasteiger partial charge in [-0.2, -0.15) is 13.2 Å². The number of alkyl halides is 3. The van der Waals surface area contributed by atoms with E-state index in [2.05, 4.69) is 0 Å². The van der Waals surface area contributed by atoms with Crippen LogP contribution in [0.25, 0.3) is 0 Å². The lowest BCUT2D eigenvalue weighted by molar-refractivity contribution is -0.144. The number of benzene rings is 2. The average Bonchev–Trinajstić information content (AvgIpc) is 2.94. The Morgan fingerprint density at radius 2 is 1.78 bits per heavy atom. The van der Waals surface area contributed by atoms with Crippen LogP contribution in [0.1, 0.15) is 53.7 Å². The van der Waals surface area contributed by atoms with Crippen molar-refractivity contribution in [3.05, 3.63) is 64.2 Å². The van der Waals surface area contributed by atoms with Crippen LogP contribution in [0.4, 0.5) is 13.2 Å². The normalized spacial score (nSPS) is 17.2. The number of hydrogen-bond acceptors (Lipinski definition) is 5. The maximum atomic E-state index is 13.2. The van der Waals surface area contributed by atoms with E-state index in [0.29, 0.717) is 22.9 Å². The first-order valence-electron chi connectivity index (χ1n) is 9.68. The molecule has 0 aromatic heterocycles. The van der Waals surface area contributed by atoms with Gasteiger partial charge in [-0.3, -0.25) is 9.59 Å². The summed E-state index contributed by atoms with van der Waals surface area (Å²) in [5, 5.41) is -0.130. The van der Waals surface area contributed by atoms with Crippen LogP contribution < -0.4 is 0 Å². The maximum Gasteiger partial charge on any atom is 0.416 e. The molecule has 6 nitrogen and oxygen atoms in total. The fraction of sp³-hybridized carbons (Fsp3) is 0.333. The van der Waals surface area contributed by atoms with E-state index in [1.807, 2.05) is 6.92 Å². The highest BCUT2D eigenvalue weighted by molar-refractivity contribution is 7.90. The minimum absolute atomic E-state index is 0.130. The molecule has 0 bridgehead atoms. The monoisotopic (exact) mass is 489 g/mol. The van der Waals surface area contributed by atoms with Crippen molar-refractivity contribution < 1.29 is 35.9 Å². The summed E-state index contributed by atoms with van der Waals surface area (Å²) in [5.41, 5.74) is -1.12. The number of carbonyl (C=O) groups excluding carboxylic acids is 2. The zero-order valence-electron chi connectivity index (χ0n) is 16.9. The van der Waals surface area contributed by atoms with Gasteiger partial charge in [0.1, 0.15) is 4.90 Å². The molecule has 11 heteroatoms. The minimum Gasteiger partial charge on any atom is -0.466 e. The lowest BCUT2D eigenvalue weighted by Crippen LogP contribution is -2.36. The molecule has 1 atom stereocenters. The number of ether oxygens (including phenoxy) is 1. The highest BCUT2D eigenvalue weighted by Crippen LogP contribution is 2.45. The number of rotatable bonds is 6. The Morgan fingerprint density at radius 3 is 2.38 bits per heavy atom. The van der Waals surface area contributed by atoms with Crippen LogP contribution in [0.5, 0.6) is 0 Å². The van der Waals surface area contributed by atoms with Gasteiger partial charge >= 0.3 is 12.1 Å². The first kappa shape index (κ1) is 24.1. The van der Waals surface area contributed by atoms with Gasteiger partial charge in [-0.15, -0.1) is 0 Å². The predicted molar refractivity (Wildman–Crippen MR) is 109 cm³/mol. The smallest absolute Gasteiger partial charge is 0.416 e. The van der Waals surface area contributed by atoms with Gasteiger partial charge < -0.3 is 4.74 Å². The summed E-state index contributed by atoms with van der Waals surface area (Å²) in [6.07, 6.45) is -3.67. The second-order valence-electron chi connectivity index (χ2n) is 7.13. The van der Waals surface area contributed by atoms with E-state index in [-0.39, 0.29) is 27.7 Å². The van der Waals surface area contributed by atoms with Gasteiger partial charge in [0, 0.05) is 5.56 Å². The highest BCUT2D eigenvalue weighted by atomic mass is 35.5. The molecule has 1 heterocycles.